The fourth-order valence-electron chi connectivity index (χ4n) is 1.89. The van der Waals surface area contributed by atoms with Crippen LogP contribution in [0.25, 0.3) is 0 Å². The Kier molecular flexibility index (Phi) is 4.79. The van der Waals surface area contributed by atoms with E-state index in [0.717, 1.165) is 12.1 Å². The van der Waals surface area contributed by atoms with Crippen molar-refractivity contribution in [2.75, 3.05) is 26.4 Å². The van der Waals surface area contributed by atoms with E-state index in [-0.39, 0.29) is 6.10 Å². The number of benzene rings is 1. The lowest BCUT2D eigenvalue weighted by Crippen LogP contribution is -2.37. The quantitative estimate of drug-likeness (QED) is 0.914. The third-order valence-electron chi connectivity index (χ3n) is 2.84. The molecule has 106 valence electrons. The minimum absolute atomic E-state index is 0.0282. The predicted molar refractivity (Wildman–Crippen MR) is 63.7 cm³/mol. The molecule has 0 amide bonds. The summed E-state index contributed by atoms with van der Waals surface area (Å²) < 4.78 is 48.2. The van der Waals surface area contributed by atoms with Crippen LogP contribution in [-0.2, 0) is 22.2 Å². The average molecular weight is 275 g/mol. The molecular formula is C13H16F3NO2. The largest absolute Gasteiger partial charge is 0.416 e. The topological polar surface area (TPSA) is 30.5 Å². The third-order valence-corrected chi connectivity index (χ3v) is 2.84. The van der Waals surface area contributed by atoms with E-state index in [0.29, 0.717) is 38.5 Å². The Morgan fingerprint density at radius 1 is 1.26 bits per heavy atom. The summed E-state index contributed by atoms with van der Waals surface area (Å²) in [5, 5.41) is 3.08. The van der Waals surface area contributed by atoms with Gasteiger partial charge in [0.1, 0.15) is 0 Å². The van der Waals surface area contributed by atoms with Crippen LogP contribution in [0.1, 0.15) is 11.1 Å². The Morgan fingerprint density at radius 2 is 2.11 bits per heavy atom. The van der Waals surface area contributed by atoms with Crippen LogP contribution in [0.4, 0.5) is 13.2 Å². The van der Waals surface area contributed by atoms with Crippen LogP contribution in [0.2, 0.25) is 0 Å². The number of ether oxygens (including phenoxy) is 2. The van der Waals surface area contributed by atoms with Gasteiger partial charge in [-0.05, 0) is 11.6 Å². The van der Waals surface area contributed by atoms with Crippen molar-refractivity contribution >= 4 is 0 Å². The average Bonchev–Trinajstić information content (AvgIpc) is 2.39. The Bertz CT molecular complexity index is 403. The molecule has 1 saturated heterocycles. The van der Waals surface area contributed by atoms with Gasteiger partial charge in [0.25, 0.3) is 0 Å². The summed E-state index contributed by atoms with van der Waals surface area (Å²) in [6.07, 6.45) is -4.32. The first-order valence-corrected chi connectivity index (χ1v) is 6.12. The van der Waals surface area contributed by atoms with Gasteiger partial charge in [-0.2, -0.15) is 13.2 Å². The van der Waals surface area contributed by atoms with Crippen LogP contribution in [0.15, 0.2) is 24.3 Å². The van der Waals surface area contributed by atoms with E-state index in [4.69, 9.17) is 9.47 Å². The van der Waals surface area contributed by atoms with Gasteiger partial charge in [-0.25, -0.2) is 0 Å². The van der Waals surface area contributed by atoms with Crippen LogP contribution in [0.5, 0.6) is 0 Å². The van der Waals surface area contributed by atoms with Gasteiger partial charge in [-0.15, -0.1) is 0 Å². The number of nitrogens with one attached hydrogen (secondary N) is 1. The fourth-order valence-corrected chi connectivity index (χ4v) is 1.89. The molecule has 3 nitrogen and oxygen atoms in total. The van der Waals surface area contributed by atoms with Gasteiger partial charge in [0.05, 0.1) is 31.5 Å². The SMILES string of the molecule is FC(F)(F)c1cccc(CNCC2COCCO2)c1. The van der Waals surface area contributed by atoms with Gasteiger partial charge in [-0.3, -0.25) is 0 Å². The first-order chi connectivity index (χ1) is 9.05. The lowest BCUT2D eigenvalue weighted by atomic mass is 10.1. The van der Waals surface area contributed by atoms with Crippen molar-refractivity contribution < 1.29 is 22.6 Å². The van der Waals surface area contributed by atoms with Crippen molar-refractivity contribution in [1.29, 1.82) is 0 Å². The summed E-state index contributed by atoms with van der Waals surface area (Å²) in [5.41, 5.74) is -0.0180. The normalized spacial score (nSPS) is 20.5. The molecule has 0 bridgehead atoms. The number of hydrogen-bond donors (Lipinski definition) is 1. The van der Waals surface area contributed by atoms with Crippen molar-refractivity contribution in [3.8, 4) is 0 Å². The summed E-state index contributed by atoms with van der Waals surface area (Å²) in [6.45, 7) is 2.63. The molecule has 1 unspecified atom stereocenters. The highest BCUT2D eigenvalue weighted by atomic mass is 19.4. The maximum atomic E-state index is 12.5. The lowest BCUT2D eigenvalue weighted by Gasteiger charge is -2.23. The Hall–Kier alpha value is -1.11. The third kappa shape index (κ3) is 4.49. The summed E-state index contributed by atoms with van der Waals surface area (Å²) in [6, 6.07) is 5.31. The summed E-state index contributed by atoms with van der Waals surface area (Å²) in [7, 11) is 0. The van der Waals surface area contributed by atoms with Gasteiger partial charge < -0.3 is 14.8 Å². The van der Waals surface area contributed by atoms with Crippen molar-refractivity contribution in [3.63, 3.8) is 0 Å². The smallest absolute Gasteiger partial charge is 0.376 e. The van der Waals surface area contributed by atoms with Gasteiger partial charge in [0.15, 0.2) is 0 Å². The van der Waals surface area contributed by atoms with Gasteiger partial charge >= 0.3 is 6.18 Å². The van der Waals surface area contributed by atoms with Crippen molar-refractivity contribution in [3.05, 3.63) is 35.4 Å². The molecular weight excluding hydrogens is 259 g/mol. The fraction of sp³-hybridized carbons (Fsp3) is 0.538. The van der Waals surface area contributed by atoms with Crippen molar-refractivity contribution in [2.45, 2.75) is 18.8 Å². The maximum Gasteiger partial charge on any atom is 0.416 e. The van der Waals surface area contributed by atoms with E-state index in [1.54, 1.807) is 6.07 Å². The zero-order valence-electron chi connectivity index (χ0n) is 10.4. The van der Waals surface area contributed by atoms with Gasteiger partial charge in [0.2, 0.25) is 0 Å². The van der Waals surface area contributed by atoms with Crippen molar-refractivity contribution in [2.24, 2.45) is 0 Å². The molecule has 0 aromatic heterocycles. The lowest BCUT2D eigenvalue weighted by molar-refractivity contribution is -0.137. The molecule has 1 aliphatic heterocycles. The second-order valence-corrected chi connectivity index (χ2v) is 4.40. The highest BCUT2D eigenvalue weighted by molar-refractivity contribution is 5.25. The number of rotatable bonds is 4. The van der Waals surface area contributed by atoms with Gasteiger partial charge in [0, 0.05) is 13.1 Å². The second-order valence-electron chi connectivity index (χ2n) is 4.40. The van der Waals surface area contributed by atoms with E-state index in [2.05, 4.69) is 5.32 Å². The minimum atomic E-state index is -4.30. The maximum absolute atomic E-state index is 12.5. The second kappa shape index (κ2) is 6.36. The number of alkyl halides is 3. The molecule has 0 saturated carbocycles. The Morgan fingerprint density at radius 3 is 2.79 bits per heavy atom. The molecule has 1 aromatic rings. The van der Waals surface area contributed by atoms with Crippen LogP contribution in [-0.4, -0.2) is 32.5 Å². The van der Waals surface area contributed by atoms with E-state index in [1.165, 1.54) is 6.07 Å². The zero-order chi connectivity index (χ0) is 13.7. The highest BCUT2D eigenvalue weighted by Crippen LogP contribution is 2.29. The summed E-state index contributed by atoms with van der Waals surface area (Å²) >= 11 is 0. The zero-order valence-corrected chi connectivity index (χ0v) is 10.4. The molecule has 0 aliphatic carbocycles. The number of hydrogen-bond acceptors (Lipinski definition) is 3. The molecule has 2 rings (SSSR count). The first kappa shape index (κ1) is 14.3. The molecule has 1 fully saturated rings. The molecule has 1 heterocycles. The highest BCUT2D eigenvalue weighted by Gasteiger charge is 2.30. The molecule has 1 atom stereocenters. The monoisotopic (exact) mass is 275 g/mol. The van der Waals surface area contributed by atoms with Crippen LogP contribution in [0.3, 0.4) is 0 Å². The molecule has 6 heteroatoms. The predicted octanol–water partition coefficient (Wildman–Crippen LogP) is 2.21. The standard InChI is InChI=1S/C13H16F3NO2/c14-13(15,16)11-3-1-2-10(6-11)7-17-8-12-9-18-4-5-19-12/h1-3,6,12,17H,4-5,7-9H2. The first-order valence-electron chi connectivity index (χ1n) is 6.12. The molecule has 0 radical (unpaired) electrons. The molecule has 0 spiro atoms. The van der Waals surface area contributed by atoms with Crippen molar-refractivity contribution in [1.82, 2.24) is 5.32 Å². The van der Waals surface area contributed by atoms with E-state index >= 15 is 0 Å². The molecule has 1 aromatic carbocycles. The van der Waals surface area contributed by atoms with Gasteiger partial charge in [-0.1, -0.05) is 18.2 Å². The summed E-state index contributed by atoms with van der Waals surface area (Å²) in [5.74, 6) is 0. The number of halogens is 3. The molecule has 1 aliphatic rings. The van der Waals surface area contributed by atoms with Crippen LogP contribution < -0.4 is 5.32 Å². The van der Waals surface area contributed by atoms with Crippen LogP contribution in [0, 0.1) is 0 Å². The molecule has 19 heavy (non-hydrogen) atoms. The van der Waals surface area contributed by atoms with Crippen LogP contribution >= 0.6 is 0 Å². The van der Waals surface area contributed by atoms with E-state index in [1.807, 2.05) is 0 Å². The van der Waals surface area contributed by atoms with E-state index < -0.39 is 11.7 Å². The summed E-state index contributed by atoms with van der Waals surface area (Å²) in [4.78, 5) is 0. The molecule has 1 N–H and O–H groups in total. The minimum Gasteiger partial charge on any atom is -0.376 e. The Balaban J connectivity index is 1.82. The van der Waals surface area contributed by atoms with E-state index in [9.17, 15) is 13.2 Å². The Labute approximate surface area is 109 Å².